The molecule has 3 aromatic rings. The number of fused-ring (bicyclic) bond motifs is 2. The summed E-state index contributed by atoms with van der Waals surface area (Å²) >= 11 is 0. The van der Waals surface area contributed by atoms with Crippen LogP contribution in [0.25, 0.3) is 10.9 Å². The number of methoxy groups -OCH3 is 2. The summed E-state index contributed by atoms with van der Waals surface area (Å²) in [6.07, 6.45) is 8.04. The number of allylic oxidation sites excluding steroid dienone is 1. The number of amidine groups is 1. The molecule has 1 atom stereocenters. The fourth-order valence-electron chi connectivity index (χ4n) is 6.96. The zero-order valence-corrected chi connectivity index (χ0v) is 26.3. The number of amides is 1. The molecule has 0 aliphatic carbocycles. The number of carbonyl (C=O) groups is 1. The average molecular weight is 611 g/mol. The van der Waals surface area contributed by atoms with Gasteiger partial charge in [0, 0.05) is 57.9 Å². The number of aromatic nitrogens is 1. The Labute approximate surface area is 263 Å². The third-order valence-corrected chi connectivity index (χ3v) is 9.56. The van der Waals surface area contributed by atoms with Crippen LogP contribution in [0.15, 0.2) is 76.4 Å². The van der Waals surface area contributed by atoms with E-state index in [-0.39, 0.29) is 5.91 Å². The molecule has 2 saturated heterocycles. The minimum atomic E-state index is -0.236. The van der Waals surface area contributed by atoms with E-state index < -0.39 is 0 Å². The Hall–Kier alpha value is -4.45. The van der Waals surface area contributed by atoms with Crippen molar-refractivity contribution in [2.75, 3.05) is 66.0 Å². The number of nitrogens with zero attached hydrogens (tertiary/aromatic N) is 6. The molecule has 4 aliphatic heterocycles. The van der Waals surface area contributed by atoms with Crippen LogP contribution >= 0.6 is 0 Å². The van der Waals surface area contributed by atoms with Crippen LogP contribution in [0.1, 0.15) is 28.9 Å². The number of anilines is 1. The van der Waals surface area contributed by atoms with Gasteiger partial charge in [-0.05, 0) is 49.2 Å². The zero-order chi connectivity index (χ0) is 31.1. The minimum absolute atomic E-state index is 0.236. The number of hydrogen-bond donors (Lipinski definition) is 1. The molecule has 0 spiro atoms. The SMILES string of the molecule is COc1cc(C2=NC(N3CCN(C4CCOCC4)CC3)=C3C=NC=C[N+]23C)ccc1NC(=O)c1cc2c(OC)cccc2n1C. The topological polar surface area (TPSA) is 92.9 Å². The van der Waals surface area contributed by atoms with Crippen molar-refractivity contribution in [1.82, 2.24) is 14.4 Å². The Balaban J connectivity index is 1.14. The molecular weight excluding hydrogens is 570 g/mol. The van der Waals surface area contributed by atoms with Crippen LogP contribution in [-0.2, 0) is 11.8 Å². The Morgan fingerprint density at radius 3 is 2.56 bits per heavy atom. The van der Waals surface area contributed by atoms with Crippen molar-refractivity contribution >= 4 is 34.5 Å². The van der Waals surface area contributed by atoms with Gasteiger partial charge in [0.15, 0.2) is 5.82 Å². The van der Waals surface area contributed by atoms with E-state index in [1.54, 1.807) is 14.2 Å². The molecule has 1 N–H and O–H groups in total. The third kappa shape index (κ3) is 5.10. The van der Waals surface area contributed by atoms with Crippen LogP contribution in [0.4, 0.5) is 5.69 Å². The lowest BCUT2D eigenvalue weighted by Gasteiger charge is -2.41. The number of aliphatic imine (C=N–C) groups is 2. The number of quaternary nitrogens is 1. The molecular formula is C34H40N7O4+. The lowest BCUT2D eigenvalue weighted by molar-refractivity contribution is -0.713. The highest BCUT2D eigenvalue weighted by atomic mass is 16.5. The second-order valence-electron chi connectivity index (χ2n) is 12.0. The molecule has 1 amide bonds. The van der Waals surface area contributed by atoms with E-state index in [4.69, 9.17) is 19.2 Å². The first-order chi connectivity index (χ1) is 21.9. The number of benzene rings is 2. The van der Waals surface area contributed by atoms with E-state index in [2.05, 4.69) is 33.4 Å². The van der Waals surface area contributed by atoms with Crippen LogP contribution in [0.3, 0.4) is 0 Å². The van der Waals surface area contributed by atoms with Crippen molar-refractivity contribution in [1.29, 1.82) is 0 Å². The summed E-state index contributed by atoms with van der Waals surface area (Å²) in [6, 6.07) is 14.1. The molecule has 2 fully saturated rings. The van der Waals surface area contributed by atoms with Gasteiger partial charge in [-0.15, -0.1) is 0 Å². The van der Waals surface area contributed by atoms with Crippen molar-refractivity contribution in [3.8, 4) is 11.5 Å². The maximum Gasteiger partial charge on any atom is 0.272 e. The van der Waals surface area contributed by atoms with Gasteiger partial charge >= 0.3 is 0 Å². The average Bonchev–Trinajstić information content (AvgIpc) is 3.59. The van der Waals surface area contributed by atoms with Crippen molar-refractivity contribution in [3.63, 3.8) is 0 Å². The summed E-state index contributed by atoms with van der Waals surface area (Å²) in [7, 11) is 7.26. The standard InChI is InChI=1S/C34H39N7O4/c1-38-27-6-5-7-30(43-3)25(27)21-28(38)34(42)36-26-9-8-23(20-31(26)44-4)33-37-32(29-22-35-12-17-41(29,33)2)40-15-13-39(14-16-40)24-10-18-45-19-11-24/h5-9,12,17,20-22,24H,10-11,13-16,18-19H2,1-4H3/p+1. The van der Waals surface area contributed by atoms with E-state index >= 15 is 0 Å². The number of ether oxygens (including phenoxy) is 3. The van der Waals surface area contributed by atoms with Gasteiger partial charge in [0.1, 0.15) is 23.4 Å². The number of rotatable bonds is 7. The molecule has 0 saturated carbocycles. The highest BCUT2D eigenvalue weighted by Crippen LogP contribution is 2.37. The van der Waals surface area contributed by atoms with Crippen molar-refractivity contribution in [3.05, 3.63) is 77.6 Å². The molecule has 45 heavy (non-hydrogen) atoms. The van der Waals surface area contributed by atoms with Crippen molar-refractivity contribution < 1.29 is 23.5 Å². The summed E-state index contributed by atoms with van der Waals surface area (Å²) in [4.78, 5) is 28.2. The predicted molar refractivity (Wildman–Crippen MR) is 175 cm³/mol. The van der Waals surface area contributed by atoms with Gasteiger partial charge in [-0.3, -0.25) is 14.7 Å². The van der Waals surface area contributed by atoms with Gasteiger partial charge in [-0.1, -0.05) is 6.07 Å². The van der Waals surface area contributed by atoms with E-state index in [0.29, 0.717) is 27.7 Å². The largest absolute Gasteiger partial charge is 0.496 e. The lowest BCUT2D eigenvalue weighted by atomic mass is 10.1. The Morgan fingerprint density at radius 2 is 1.80 bits per heavy atom. The maximum absolute atomic E-state index is 13.5. The smallest absolute Gasteiger partial charge is 0.272 e. The highest BCUT2D eigenvalue weighted by molar-refractivity contribution is 6.08. The third-order valence-electron chi connectivity index (χ3n) is 9.56. The first-order valence-electron chi connectivity index (χ1n) is 15.5. The molecule has 234 valence electrons. The molecule has 0 radical (unpaired) electrons. The van der Waals surface area contributed by atoms with Crippen molar-refractivity contribution in [2.45, 2.75) is 18.9 Å². The first kappa shape index (κ1) is 29.3. The zero-order valence-electron chi connectivity index (χ0n) is 26.3. The molecule has 2 aromatic carbocycles. The molecule has 11 heteroatoms. The van der Waals surface area contributed by atoms with E-state index in [1.165, 1.54) is 0 Å². The van der Waals surface area contributed by atoms with Gasteiger partial charge < -0.3 is 29.0 Å². The lowest BCUT2D eigenvalue weighted by Crippen LogP contribution is -2.51. The molecule has 11 nitrogen and oxygen atoms in total. The highest BCUT2D eigenvalue weighted by Gasteiger charge is 2.45. The Bertz CT molecular complexity index is 1760. The van der Waals surface area contributed by atoms with Crippen LogP contribution in [0.5, 0.6) is 11.5 Å². The van der Waals surface area contributed by atoms with E-state index in [1.807, 2.05) is 66.5 Å². The molecule has 0 bridgehead atoms. The molecule has 5 heterocycles. The molecule has 1 unspecified atom stereocenters. The Morgan fingerprint density at radius 1 is 1.02 bits per heavy atom. The van der Waals surface area contributed by atoms with Crippen LogP contribution in [-0.4, -0.2) is 104 Å². The van der Waals surface area contributed by atoms with Gasteiger partial charge in [-0.2, -0.15) is 4.99 Å². The number of aryl methyl sites for hydroxylation is 1. The van der Waals surface area contributed by atoms with Crippen LogP contribution in [0.2, 0.25) is 0 Å². The second kappa shape index (κ2) is 11.8. The Kier molecular flexibility index (Phi) is 7.68. The van der Waals surface area contributed by atoms with Crippen LogP contribution in [0, 0.1) is 0 Å². The molecule has 4 aliphatic rings. The maximum atomic E-state index is 13.5. The van der Waals surface area contributed by atoms with Gasteiger partial charge in [0.25, 0.3) is 5.91 Å². The second-order valence-corrected chi connectivity index (χ2v) is 12.0. The van der Waals surface area contributed by atoms with Gasteiger partial charge in [0.2, 0.25) is 11.5 Å². The van der Waals surface area contributed by atoms with E-state index in [9.17, 15) is 4.79 Å². The fraction of sp³-hybridized carbons (Fsp3) is 0.382. The molecule has 1 aromatic heterocycles. The van der Waals surface area contributed by atoms with Gasteiger partial charge in [0.05, 0.1) is 50.4 Å². The predicted octanol–water partition coefficient (Wildman–Crippen LogP) is 4.18. The monoisotopic (exact) mass is 610 g/mol. The number of nitrogens with one attached hydrogen (secondary N) is 1. The van der Waals surface area contributed by atoms with Crippen molar-refractivity contribution in [2.24, 2.45) is 17.0 Å². The summed E-state index contributed by atoms with van der Waals surface area (Å²) in [6.45, 7) is 5.56. The molecule has 7 rings (SSSR count). The summed E-state index contributed by atoms with van der Waals surface area (Å²) < 4.78 is 19.2. The number of hydrogen-bond acceptors (Lipinski definition) is 8. The minimum Gasteiger partial charge on any atom is -0.496 e. The summed E-state index contributed by atoms with van der Waals surface area (Å²) in [5.41, 5.74) is 3.98. The fourth-order valence-corrected chi connectivity index (χ4v) is 6.96. The summed E-state index contributed by atoms with van der Waals surface area (Å²) in [5.74, 6) is 2.89. The van der Waals surface area contributed by atoms with Gasteiger partial charge in [-0.25, -0.2) is 4.48 Å². The van der Waals surface area contributed by atoms with Crippen LogP contribution < -0.4 is 14.8 Å². The quantitative estimate of drug-likeness (QED) is 0.404. The normalized spacial score (nSPS) is 22.1. The van der Waals surface area contributed by atoms with E-state index in [0.717, 1.165) is 91.8 Å². The number of carbonyl (C=O) groups excluding carboxylic acids is 1. The summed E-state index contributed by atoms with van der Waals surface area (Å²) in [5, 5.41) is 3.94. The number of piperazine rings is 1. The first-order valence-corrected chi connectivity index (χ1v) is 15.5.